The van der Waals surface area contributed by atoms with Gasteiger partial charge in [0.25, 0.3) is 0 Å². The highest BCUT2D eigenvalue weighted by atomic mass is 35.5. The van der Waals surface area contributed by atoms with E-state index in [1.807, 2.05) is 7.05 Å². The van der Waals surface area contributed by atoms with E-state index in [0.717, 1.165) is 37.8 Å². The topological polar surface area (TPSA) is 64.7 Å². The molecule has 0 spiro atoms. The molecule has 160 valence electrons. The maximum absolute atomic E-state index is 13.3. The van der Waals surface area contributed by atoms with Crippen LogP contribution in [-0.4, -0.2) is 61.4 Å². The van der Waals surface area contributed by atoms with Crippen LogP contribution in [0.3, 0.4) is 0 Å². The minimum Gasteiger partial charge on any atom is -0.346 e. The Balaban J connectivity index is 1.65. The number of carbonyl (C=O) groups is 2. The lowest BCUT2D eigenvalue weighted by atomic mass is 10.0. The van der Waals surface area contributed by atoms with Gasteiger partial charge in [0.2, 0.25) is 0 Å². The minimum atomic E-state index is -0.881. The Bertz CT molecular complexity index is 902. The number of nitrogens with one attached hydrogen (secondary N) is 2. The van der Waals surface area contributed by atoms with Gasteiger partial charge >= 0.3 is 11.8 Å². The second-order valence-corrected chi connectivity index (χ2v) is 7.61. The summed E-state index contributed by atoms with van der Waals surface area (Å²) >= 11 is 5.69. The van der Waals surface area contributed by atoms with Crippen LogP contribution in [0.15, 0.2) is 42.5 Å². The number of hydrogen-bond donors (Lipinski definition) is 2. The summed E-state index contributed by atoms with van der Waals surface area (Å²) in [5, 5.41) is 4.88. The van der Waals surface area contributed by atoms with E-state index in [0.29, 0.717) is 0 Å². The van der Waals surface area contributed by atoms with E-state index in [1.165, 1.54) is 24.3 Å². The molecule has 0 saturated carbocycles. The second-order valence-electron chi connectivity index (χ2n) is 7.20. The summed E-state index contributed by atoms with van der Waals surface area (Å²) in [4.78, 5) is 28.9. The Labute approximate surface area is 178 Å². The fraction of sp³-hybridized carbons (Fsp3) is 0.333. The predicted octanol–water partition coefficient (Wildman–Crippen LogP) is 2.66. The first kappa shape index (κ1) is 22.1. The first-order valence-corrected chi connectivity index (χ1v) is 9.93. The monoisotopic (exact) mass is 436 g/mol. The van der Waals surface area contributed by atoms with Crippen molar-refractivity contribution in [2.45, 2.75) is 6.04 Å². The standard InChI is InChI=1S/C21H23ClF2N4O2/c1-27-8-10-28(11-9-27)19(14-2-4-15(23)5-3-14)13-25-20(29)21(30)26-16-6-7-18(24)17(22)12-16/h2-7,12,19H,8-11,13H2,1H3,(H,25,29)(H,26,30). The van der Waals surface area contributed by atoms with E-state index in [9.17, 15) is 18.4 Å². The average Bonchev–Trinajstić information content (AvgIpc) is 2.73. The first-order chi connectivity index (χ1) is 14.3. The summed E-state index contributed by atoms with van der Waals surface area (Å²) in [6.45, 7) is 3.50. The van der Waals surface area contributed by atoms with Crippen molar-refractivity contribution in [2.24, 2.45) is 0 Å². The first-order valence-electron chi connectivity index (χ1n) is 9.56. The number of nitrogens with zero attached hydrogens (tertiary/aromatic N) is 2. The third-order valence-corrected chi connectivity index (χ3v) is 5.36. The number of hydrogen-bond acceptors (Lipinski definition) is 4. The van der Waals surface area contributed by atoms with Crippen molar-refractivity contribution in [2.75, 3.05) is 45.1 Å². The third kappa shape index (κ3) is 5.75. The number of rotatable bonds is 5. The maximum atomic E-state index is 13.3. The molecular formula is C21H23ClF2N4O2. The van der Waals surface area contributed by atoms with Crippen LogP contribution in [-0.2, 0) is 9.59 Å². The molecule has 1 aliphatic rings. The van der Waals surface area contributed by atoms with Gasteiger partial charge in [-0.1, -0.05) is 23.7 Å². The van der Waals surface area contributed by atoms with Crippen molar-refractivity contribution in [3.05, 3.63) is 64.7 Å². The van der Waals surface area contributed by atoms with Gasteiger partial charge in [-0.25, -0.2) is 8.78 Å². The van der Waals surface area contributed by atoms with E-state index in [-0.39, 0.29) is 29.1 Å². The molecular weight excluding hydrogens is 414 g/mol. The van der Waals surface area contributed by atoms with Crippen LogP contribution in [0.25, 0.3) is 0 Å². The summed E-state index contributed by atoms with van der Waals surface area (Å²) in [5.74, 6) is -2.66. The van der Waals surface area contributed by atoms with Crippen molar-refractivity contribution >= 4 is 29.1 Å². The molecule has 6 nitrogen and oxygen atoms in total. The Morgan fingerprint density at radius 2 is 1.70 bits per heavy atom. The van der Waals surface area contributed by atoms with E-state index < -0.39 is 17.6 Å². The lowest BCUT2D eigenvalue weighted by molar-refractivity contribution is -0.136. The van der Waals surface area contributed by atoms with Crippen molar-refractivity contribution in [3.8, 4) is 0 Å². The van der Waals surface area contributed by atoms with Crippen LogP contribution >= 0.6 is 11.6 Å². The van der Waals surface area contributed by atoms with Crippen LogP contribution in [0.2, 0.25) is 5.02 Å². The zero-order chi connectivity index (χ0) is 21.7. The predicted molar refractivity (Wildman–Crippen MR) is 111 cm³/mol. The Morgan fingerprint density at radius 3 is 2.33 bits per heavy atom. The van der Waals surface area contributed by atoms with Crippen molar-refractivity contribution < 1.29 is 18.4 Å². The van der Waals surface area contributed by atoms with Gasteiger partial charge in [0.1, 0.15) is 11.6 Å². The van der Waals surface area contributed by atoms with Gasteiger partial charge in [0.05, 0.1) is 11.1 Å². The van der Waals surface area contributed by atoms with Crippen molar-refractivity contribution in [3.63, 3.8) is 0 Å². The normalized spacial score (nSPS) is 16.1. The molecule has 3 rings (SSSR count). The SMILES string of the molecule is CN1CCN(C(CNC(=O)C(=O)Nc2ccc(F)c(Cl)c2)c2ccc(F)cc2)CC1. The zero-order valence-electron chi connectivity index (χ0n) is 16.5. The Kier molecular flexibility index (Phi) is 7.36. The number of halogens is 3. The molecule has 1 unspecified atom stereocenters. The van der Waals surface area contributed by atoms with Crippen molar-refractivity contribution in [1.82, 2.24) is 15.1 Å². The lowest BCUT2D eigenvalue weighted by Gasteiger charge is -2.38. The number of carbonyl (C=O) groups excluding carboxylic acids is 2. The molecule has 1 fully saturated rings. The van der Waals surface area contributed by atoms with Gasteiger partial charge < -0.3 is 15.5 Å². The number of benzene rings is 2. The molecule has 1 heterocycles. The highest BCUT2D eigenvalue weighted by Gasteiger charge is 2.25. The van der Waals surface area contributed by atoms with Gasteiger partial charge in [-0.15, -0.1) is 0 Å². The quantitative estimate of drug-likeness (QED) is 0.707. The summed E-state index contributed by atoms with van der Waals surface area (Å²) < 4.78 is 26.6. The van der Waals surface area contributed by atoms with E-state index in [4.69, 9.17) is 11.6 Å². The molecule has 1 saturated heterocycles. The molecule has 9 heteroatoms. The van der Waals surface area contributed by atoms with Crippen molar-refractivity contribution in [1.29, 1.82) is 0 Å². The van der Waals surface area contributed by atoms with Gasteiger partial charge in [-0.2, -0.15) is 0 Å². The highest BCUT2D eigenvalue weighted by Crippen LogP contribution is 2.22. The van der Waals surface area contributed by atoms with Crippen LogP contribution in [0.5, 0.6) is 0 Å². The molecule has 0 aromatic heterocycles. The molecule has 0 aliphatic carbocycles. The highest BCUT2D eigenvalue weighted by molar-refractivity contribution is 6.39. The molecule has 0 radical (unpaired) electrons. The molecule has 0 bridgehead atoms. The van der Waals surface area contributed by atoms with Gasteiger partial charge in [0, 0.05) is 38.4 Å². The maximum Gasteiger partial charge on any atom is 0.313 e. The number of piperazine rings is 1. The molecule has 2 amide bonds. The summed E-state index contributed by atoms with van der Waals surface area (Å²) in [6.07, 6.45) is 0. The zero-order valence-corrected chi connectivity index (χ0v) is 17.3. The molecule has 2 aromatic rings. The molecule has 2 N–H and O–H groups in total. The fourth-order valence-electron chi connectivity index (χ4n) is 3.31. The van der Waals surface area contributed by atoms with Gasteiger partial charge in [-0.05, 0) is 42.9 Å². The number of amides is 2. The number of anilines is 1. The lowest BCUT2D eigenvalue weighted by Crippen LogP contribution is -2.49. The largest absolute Gasteiger partial charge is 0.346 e. The van der Waals surface area contributed by atoms with Crippen LogP contribution in [0, 0.1) is 11.6 Å². The molecule has 2 aromatic carbocycles. The van der Waals surface area contributed by atoms with Gasteiger partial charge in [-0.3, -0.25) is 14.5 Å². The third-order valence-electron chi connectivity index (χ3n) is 5.07. The van der Waals surface area contributed by atoms with E-state index in [1.54, 1.807) is 12.1 Å². The Morgan fingerprint density at radius 1 is 1.03 bits per heavy atom. The van der Waals surface area contributed by atoms with Crippen LogP contribution in [0.4, 0.5) is 14.5 Å². The van der Waals surface area contributed by atoms with E-state index >= 15 is 0 Å². The second kappa shape index (κ2) is 9.97. The summed E-state index contributed by atoms with van der Waals surface area (Å²) in [5.41, 5.74) is 1.07. The van der Waals surface area contributed by atoms with Crippen LogP contribution in [0.1, 0.15) is 11.6 Å². The van der Waals surface area contributed by atoms with Gasteiger partial charge in [0.15, 0.2) is 0 Å². The smallest absolute Gasteiger partial charge is 0.313 e. The van der Waals surface area contributed by atoms with E-state index in [2.05, 4.69) is 20.4 Å². The average molecular weight is 437 g/mol. The minimum absolute atomic E-state index is 0.153. The molecule has 30 heavy (non-hydrogen) atoms. The number of likely N-dealkylation sites (N-methyl/N-ethyl adjacent to an activating group) is 1. The summed E-state index contributed by atoms with van der Waals surface area (Å²) in [6, 6.07) is 9.59. The molecule has 1 atom stereocenters. The van der Waals surface area contributed by atoms with Crippen LogP contribution < -0.4 is 10.6 Å². The molecule has 1 aliphatic heterocycles. The summed E-state index contributed by atoms with van der Waals surface area (Å²) in [7, 11) is 2.04. The fourth-order valence-corrected chi connectivity index (χ4v) is 3.49. The Hall–Kier alpha value is -2.55.